The normalized spacial score (nSPS) is 21.1. The number of morpholine rings is 1. The molecule has 2 saturated heterocycles. The summed E-state index contributed by atoms with van der Waals surface area (Å²) in [5.74, 6) is 0.461. The third-order valence-corrected chi connectivity index (χ3v) is 5.83. The number of ether oxygens (including phenoxy) is 1. The van der Waals surface area contributed by atoms with Crippen molar-refractivity contribution < 1.29 is 14.3 Å². The second-order valence-electron chi connectivity index (χ2n) is 7.17. The highest BCUT2D eigenvalue weighted by atomic mass is 32.1. The van der Waals surface area contributed by atoms with Crippen LogP contribution in [-0.2, 0) is 22.6 Å². The van der Waals surface area contributed by atoms with E-state index in [1.807, 2.05) is 10.3 Å². The first kappa shape index (κ1) is 20.0. The van der Waals surface area contributed by atoms with Crippen molar-refractivity contribution >= 4 is 23.3 Å². The van der Waals surface area contributed by atoms with E-state index in [-0.39, 0.29) is 11.9 Å². The van der Waals surface area contributed by atoms with Crippen molar-refractivity contribution in [2.75, 3.05) is 45.9 Å². The molecule has 9 heteroatoms. The van der Waals surface area contributed by atoms with Crippen molar-refractivity contribution in [3.8, 4) is 0 Å². The number of aromatic nitrogens is 1. The average molecular weight is 396 g/mol. The molecule has 8 nitrogen and oxygen atoms in total. The van der Waals surface area contributed by atoms with Gasteiger partial charge in [0.15, 0.2) is 0 Å². The van der Waals surface area contributed by atoms with E-state index in [2.05, 4.69) is 20.5 Å². The minimum absolute atomic E-state index is 0.0157. The number of rotatable bonds is 6. The number of thiazole rings is 1. The second-order valence-corrected chi connectivity index (χ2v) is 8.11. The van der Waals surface area contributed by atoms with Crippen LogP contribution < -0.4 is 10.6 Å². The van der Waals surface area contributed by atoms with Crippen LogP contribution in [0.2, 0.25) is 0 Å². The first-order chi connectivity index (χ1) is 13.1. The maximum absolute atomic E-state index is 12.5. The van der Waals surface area contributed by atoms with Crippen molar-refractivity contribution in [1.82, 2.24) is 25.4 Å². The maximum atomic E-state index is 12.5. The van der Waals surface area contributed by atoms with Gasteiger partial charge in [-0.3, -0.25) is 9.69 Å². The third kappa shape index (κ3) is 6.44. The quantitative estimate of drug-likeness (QED) is 0.751. The highest BCUT2D eigenvalue weighted by Gasteiger charge is 2.25. The van der Waals surface area contributed by atoms with Gasteiger partial charge in [0.25, 0.3) is 0 Å². The Kier molecular flexibility index (Phi) is 7.42. The third-order valence-electron chi connectivity index (χ3n) is 4.93. The van der Waals surface area contributed by atoms with Crippen LogP contribution in [-0.4, -0.2) is 72.7 Å². The molecule has 0 bridgehead atoms. The Bertz CT molecular complexity index is 632. The lowest BCUT2D eigenvalue weighted by atomic mass is 9.97. The van der Waals surface area contributed by atoms with E-state index in [0.717, 1.165) is 63.1 Å². The molecule has 2 N–H and O–H groups in total. The molecule has 1 aromatic rings. The molecule has 150 valence electrons. The van der Waals surface area contributed by atoms with Crippen LogP contribution in [0.3, 0.4) is 0 Å². The van der Waals surface area contributed by atoms with Gasteiger partial charge < -0.3 is 20.3 Å². The summed E-state index contributed by atoms with van der Waals surface area (Å²) >= 11 is 1.49. The minimum atomic E-state index is -0.0724. The lowest BCUT2D eigenvalue weighted by molar-refractivity contribution is -0.119. The molecule has 1 atom stereocenters. The Morgan fingerprint density at radius 1 is 1.26 bits per heavy atom. The highest BCUT2D eigenvalue weighted by molar-refractivity contribution is 7.09. The zero-order valence-electron chi connectivity index (χ0n) is 15.9. The van der Waals surface area contributed by atoms with Gasteiger partial charge in [0.1, 0.15) is 5.01 Å². The molecule has 0 aromatic carbocycles. The van der Waals surface area contributed by atoms with Crippen molar-refractivity contribution in [3.05, 3.63) is 16.1 Å². The molecule has 1 aromatic heterocycles. The summed E-state index contributed by atoms with van der Waals surface area (Å²) in [6, 6.07) is -0.0157. The second kappa shape index (κ2) is 10.0. The molecule has 2 fully saturated rings. The number of hydrogen-bond donors (Lipinski definition) is 2. The number of nitrogens with one attached hydrogen (secondary N) is 2. The number of carbonyl (C=O) groups is 2. The summed E-state index contributed by atoms with van der Waals surface area (Å²) < 4.78 is 5.41. The van der Waals surface area contributed by atoms with E-state index >= 15 is 0 Å². The average Bonchev–Trinajstić information content (AvgIpc) is 3.13. The number of amides is 3. The number of hydrogen-bond acceptors (Lipinski definition) is 6. The predicted molar refractivity (Wildman–Crippen MR) is 103 cm³/mol. The fourth-order valence-electron chi connectivity index (χ4n) is 3.54. The Balaban J connectivity index is 1.41. The van der Waals surface area contributed by atoms with Gasteiger partial charge >= 0.3 is 6.03 Å². The fraction of sp³-hybridized carbons (Fsp3) is 0.722. The molecule has 0 aliphatic carbocycles. The topological polar surface area (TPSA) is 86.8 Å². The fourth-order valence-corrected chi connectivity index (χ4v) is 4.27. The van der Waals surface area contributed by atoms with Gasteiger partial charge in [-0.1, -0.05) is 0 Å². The summed E-state index contributed by atoms with van der Waals surface area (Å²) in [7, 11) is 0. The SMILES string of the molecule is CC(=O)NCc1nc(CNC(=O)N2CCC[C@H](CN3CCOCC3)C2)cs1. The van der Waals surface area contributed by atoms with E-state index in [9.17, 15) is 9.59 Å². The Morgan fingerprint density at radius 2 is 2.07 bits per heavy atom. The predicted octanol–water partition coefficient (Wildman–Crippen LogP) is 1.03. The Labute approximate surface area is 164 Å². The molecule has 3 rings (SSSR count). The first-order valence-corrected chi connectivity index (χ1v) is 10.5. The van der Waals surface area contributed by atoms with Crippen LogP contribution in [0, 0.1) is 5.92 Å². The lowest BCUT2D eigenvalue weighted by Crippen LogP contribution is -2.48. The van der Waals surface area contributed by atoms with Gasteiger partial charge in [-0.15, -0.1) is 11.3 Å². The number of likely N-dealkylation sites (tertiary alicyclic amines) is 1. The molecule has 0 unspecified atom stereocenters. The molecule has 27 heavy (non-hydrogen) atoms. The van der Waals surface area contributed by atoms with E-state index in [0.29, 0.717) is 19.0 Å². The smallest absolute Gasteiger partial charge is 0.317 e. The monoisotopic (exact) mass is 395 g/mol. The minimum Gasteiger partial charge on any atom is -0.379 e. The molecular formula is C18H29N5O3S. The summed E-state index contributed by atoms with van der Waals surface area (Å²) in [4.78, 5) is 32.3. The Hall–Kier alpha value is -1.71. The van der Waals surface area contributed by atoms with E-state index < -0.39 is 0 Å². The molecular weight excluding hydrogens is 366 g/mol. The van der Waals surface area contributed by atoms with Gasteiger partial charge in [-0.25, -0.2) is 9.78 Å². The van der Waals surface area contributed by atoms with Gasteiger partial charge in [-0.2, -0.15) is 0 Å². The summed E-state index contributed by atoms with van der Waals surface area (Å²) in [5, 5.41) is 8.48. The molecule has 0 radical (unpaired) electrons. The van der Waals surface area contributed by atoms with Crippen LogP contribution in [0.15, 0.2) is 5.38 Å². The number of urea groups is 1. The molecule has 0 saturated carbocycles. The van der Waals surface area contributed by atoms with Crippen LogP contribution in [0.4, 0.5) is 4.79 Å². The lowest BCUT2D eigenvalue weighted by Gasteiger charge is -2.36. The molecule has 0 spiro atoms. The maximum Gasteiger partial charge on any atom is 0.317 e. The number of piperidine rings is 1. The Morgan fingerprint density at radius 3 is 2.85 bits per heavy atom. The molecule has 2 aliphatic heterocycles. The summed E-state index contributed by atoms with van der Waals surface area (Å²) in [6.45, 7) is 8.63. The zero-order chi connectivity index (χ0) is 19.1. The zero-order valence-corrected chi connectivity index (χ0v) is 16.7. The summed E-state index contributed by atoms with van der Waals surface area (Å²) in [6.07, 6.45) is 2.24. The van der Waals surface area contributed by atoms with Crippen molar-refractivity contribution in [2.45, 2.75) is 32.9 Å². The molecule has 3 heterocycles. The largest absolute Gasteiger partial charge is 0.379 e. The molecule has 3 amide bonds. The van der Waals surface area contributed by atoms with Gasteiger partial charge in [0, 0.05) is 45.0 Å². The van der Waals surface area contributed by atoms with Crippen molar-refractivity contribution in [1.29, 1.82) is 0 Å². The number of carbonyl (C=O) groups excluding carboxylic acids is 2. The number of nitrogens with zero attached hydrogens (tertiary/aromatic N) is 3. The van der Waals surface area contributed by atoms with E-state index in [1.54, 1.807) is 0 Å². The van der Waals surface area contributed by atoms with E-state index in [1.165, 1.54) is 24.7 Å². The van der Waals surface area contributed by atoms with Crippen LogP contribution >= 0.6 is 11.3 Å². The van der Waals surface area contributed by atoms with Crippen LogP contribution in [0.1, 0.15) is 30.5 Å². The van der Waals surface area contributed by atoms with Gasteiger partial charge in [0.2, 0.25) is 5.91 Å². The highest BCUT2D eigenvalue weighted by Crippen LogP contribution is 2.18. The summed E-state index contributed by atoms with van der Waals surface area (Å²) in [5.41, 5.74) is 0.829. The van der Waals surface area contributed by atoms with E-state index in [4.69, 9.17) is 4.74 Å². The first-order valence-electron chi connectivity index (χ1n) is 9.61. The van der Waals surface area contributed by atoms with Gasteiger partial charge in [0.05, 0.1) is 32.0 Å². The standard InChI is InChI=1S/C18H29N5O3S/c1-14(24)19-10-17-21-16(13-27-17)9-20-18(25)23-4-2-3-15(12-23)11-22-5-7-26-8-6-22/h13,15H,2-12H2,1H3,(H,19,24)(H,20,25)/t15-/m1/s1. The molecule has 2 aliphatic rings. The van der Waals surface area contributed by atoms with Crippen molar-refractivity contribution in [2.24, 2.45) is 5.92 Å². The van der Waals surface area contributed by atoms with Crippen LogP contribution in [0.5, 0.6) is 0 Å². The van der Waals surface area contributed by atoms with Crippen molar-refractivity contribution in [3.63, 3.8) is 0 Å². The van der Waals surface area contributed by atoms with Gasteiger partial charge in [-0.05, 0) is 18.8 Å². The van der Waals surface area contributed by atoms with Crippen LogP contribution in [0.25, 0.3) is 0 Å².